The molecule has 7 nitrogen and oxygen atoms in total. The van der Waals surface area contributed by atoms with Crippen molar-refractivity contribution in [2.24, 2.45) is 0 Å². The standard InChI is InChI=1S/C18H15Cl2N5O2/c1-10-6-11(19)2-3-12(10)17(26)14-7-21-15-9-24(4-5-25(14)15)13-8-22-23-18(27)16(13)20/h2-3,6-8H,4-5,9H2,1H3,(H,23,27). The number of H-pyrrole nitrogens is 1. The summed E-state index contributed by atoms with van der Waals surface area (Å²) < 4.78 is 1.90. The zero-order valence-electron chi connectivity index (χ0n) is 14.4. The Morgan fingerprint density at radius 1 is 1.22 bits per heavy atom. The van der Waals surface area contributed by atoms with Crippen LogP contribution in [0.3, 0.4) is 0 Å². The number of imidazole rings is 1. The van der Waals surface area contributed by atoms with Gasteiger partial charge in [0.1, 0.15) is 16.5 Å². The third kappa shape index (κ3) is 3.13. The van der Waals surface area contributed by atoms with Crippen LogP contribution in [0.1, 0.15) is 27.4 Å². The van der Waals surface area contributed by atoms with Gasteiger partial charge in [-0.3, -0.25) is 9.59 Å². The molecule has 1 N–H and O–H groups in total. The number of carbonyl (C=O) groups is 1. The van der Waals surface area contributed by atoms with Crippen LogP contribution in [0.25, 0.3) is 0 Å². The first kappa shape index (κ1) is 17.8. The van der Waals surface area contributed by atoms with Crippen LogP contribution in [0.4, 0.5) is 5.69 Å². The van der Waals surface area contributed by atoms with E-state index in [-0.39, 0.29) is 10.8 Å². The molecule has 0 bridgehead atoms. The van der Waals surface area contributed by atoms with E-state index < -0.39 is 5.56 Å². The van der Waals surface area contributed by atoms with E-state index in [9.17, 15) is 9.59 Å². The van der Waals surface area contributed by atoms with Gasteiger partial charge in [0.15, 0.2) is 0 Å². The first-order valence-corrected chi connectivity index (χ1v) is 9.04. The Balaban J connectivity index is 1.65. The molecule has 9 heteroatoms. The zero-order valence-corrected chi connectivity index (χ0v) is 15.9. The minimum Gasteiger partial charge on any atom is -0.360 e. The second kappa shape index (κ2) is 6.83. The SMILES string of the molecule is Cc1cc(Cl)ccc1C(=O)c1cnc2n1CCN(c1cn[nH]c(=O)c1Cl)C2. The van der Waals surface area contributed by atoms with Crippen molar-refractivity contribution in [2.45, 2.75) is 20.0 Å². The number of hydrogen-bond acceptors (Lipinski definition) is 5. The number of aromatic amines is 1. The molecule has 0 fully saturated rings. The summed E-state index contributed by atoms with van der Waals surface area (Å²) in [6.45, 7) is 3.41. The Morgan fingerprint density at radius 3 is 2.81 bits per heavy atom. The van der Waals surface area contributed by atoms with Crippen LogP contribution < -0.4 is 10.5 Å². The molecule has 138 valence electrons. The molecule has 4 rings (SSSR count). The number of nitrogens with one attached hydrogen (secondary N) is 1. The summed E-state index contributed by atoms with van der Waals surface area (Å²) in [5.74, 6) is 0.639. The second-order valence-electron chi connectivity index (χ2n) is 6.32. The lowest BCUT2D eigenvalue weighted by Crippen LogP contribution is -2.36. The normalized spacial score (nSPS) is 13.5. The molecule has 2 aromatic heterocycles. The molecule has 3 aromatic rings. The van der Waals surface area contributed by atoms with E-state index in [1.165, 1.54) is 6.20 Å². The molecule has 1 aliphatic heterocycles. The highest BCUT2D eigenvalue weighted by atomic mass is 35.5. The number of halogens is 2. The average Bonchev–Trinajstić information content (AvgIpc) is 3.06. The molecule has 3 heterocycles. The maximum atomic E-state index is 13.0. The topological polar surface area (TPSA) is 83.9 Å². The summed E-state index contributed by atoms with van der Waals surface area (Å²) >= 11 is 12.1. The summed E-state index contributed by atoms with van der Waals surface area (Å²) in [5.41, 5.74) is 2.08. The van der Waals surface area contributed by atoms with E-state index in [1.807, 2.05) is 16.4 Å². The molecule has 27 heavy (non-hydrogen) atoms. The number of rotatable bonds is 3. The summed E-state index contributed by atoms with van der Waals surface area (Å²) in [5, 5.41) is 6.81. The van der Waals surface area contributed by atoms with Gasteiger partial charge in [-0.15, -0.1) is 0 Å². The van der Waals surface area contributed by atoms with Crippen LogP contribution in [0.15, 0.2) is 35.4 Å². The number of carbonyl (C=O) groups excluding carboxylic acids is 1. The third-order valence-corrected chi connectivity index (χ3v) is 5.25. The molecule has 0 radical (unpaired) electrons. The minimum absolute atomic E-state index is 0.0905. The van der Waals surface area contributed by atoms with Gasteiger partial charge in [0, 0.05) is 23.7 Å². The monoisotopic (exact) mass is 403 g/mol. The summed E-state index contributed by atoms with van der Waals surface area (Å²) in [6.07, 6.45) is 3.11. The van der Waals surface area contributed by atoms with Gasteiger partial charge in [-0.2, -0.15) is 5.10 Å². The smallest absolute Gasteiger partial charge is 0.285 e. The van der Waals surface area contributed by atoms with Crippen LogP contribution >= 0.6 is 23.2 Å². The first-order valence-electron chi connectivity index (χ1n) is 8.29. The number of fused-ring (bicyclic) bond motifs is 1. The van der Waals surface area contributed by atoms with Gasteiger partial charge in [0.05, 0.1) is 24.6 Å². The second-order valence-corrected chi connectivity index (χ2v) is 7.13. The van der Waals surface area contributed by atoms with Crippen molar-refractivity contribution >= 4 is 34.7 Å². The van der Waals surface area contributed by atoms with Crippen LogP contribution in [-0.4, -0.2) is 32.1 Å². The first-order chi connectivity index (χ1) is 13.0. The van der Waals surface area contributed by atoms with Crippen LogP contribution in [0.2, 0.25) is 10.0 Å². The molecule has 0 saturated carbocycles. The lowest BCUT2D eigenvalue weighted by atomic mass is 10.0. The number of aryl methyl sites for hydroxylation is 1. The molecular formula is C18H15Cl2N5O2. The fourth-order valence-electron chi connectivity index (χ4n) is 3.26. The van der Waals surface area contributed by atoms with Gasteiger partial charge in [0.2, 0.25) is 5.78 Å². The maximum absolute atomic E-state index is 13.0. The molecule has 0 amide bonds. The molecule has 1 aliphatic rings. The fourth-order valence-corrected chi connectivity index (χ4v) is 3.70. The van der Waals surface area contributed by atoms with Gasteiger partial charge >= 0.3 is 0 Å². The van der Waals surface area contributed by atoms with Gasteiger partial charge < -0.3 is 9.47 Å². The van der Waals surface area contributed by atoms with Crippen molar-refractivity contribution in [3.8, 4) is 0 Å². The number of nitrogens with zero attached hydrogens (tertiary/aromatic N) is 4. The molecular weight excluding hydrogens is 389 g/mol. The van der Waals surface area contributed by atoms with Gasteiger partial charge in [-0.05, 0) is 30.7 Å². The lowest BCUT2D eigenvalue weighted by molar-refractivity contribution is 0.102. The molecule has 0 saturated heterocycles. The predicted molar refractivity (Wildman–Crippen MR) is 103 cm³/mol. The average molecular weight is 404 g/mol. The van der Waals surface area contributed by atoms with Crippen molar-refractivity contribution < 1.29 is 4.79 Å². The fraction of sp³-hybridized carbons (Fsp3) is 0.222. The third-order valence-electron chi connectivity index (χ3n) is 4.65. The Morgan fingerprint density at radius 2 is 2.04 bits per heavy atom. The van der Waals surface area contributed by atoms with Gasteiger partial charge in [0.25, 0.3) is 5.56 Å². The largest absolute Gasteiger partial charge is 0.360 e. The van der Waals surface area contributed by atoms with Gasteiger partial charge in [-0.1, -0.05) is 23.2 Å². The van der Waals surface area contributed by atoms with E-state index in [2.05, 4.69) is 15.2 Å². The zero-order chi connectivity index (χ0) is 19.1. The minimum atomic E-state index is -0.433. The number of benzene rings is 1. The number of anilines is 1. The van der Waals surface area contributed by atoms with Crippen LogP contribution in [0.5, 0.6) is 0 Å². The Bertz CT molecular complexity index is 1110. The molecule has 0 aliphatic carbocycles. The molecule has 0 spiro atoms. The Labute approximate surface area is 164 Å². The van der Waals surface area contributed by atoms with E-state index in [0.717, 1.165) is 11.4 Å². The van der Waals surface area contributed by atoms with Crippen molar-refractivity contribution in [1.82, 2.24) is 19.7 Å². The highest BCUT2D eigenvalue weighted by molar-refractivity contribution is 6.33. The molecule has 0 unspecified atom stereocenters. The number of ketones is 1. The molecule has 0 atom stereocenters. The quantitative estimate of drug-likeness (QED) is 0.679. The van der Waals surface area contributed by atoms with Gasteiger partial charge in [-0.25, -0.2) is 10.1 Å². The maximum Gasteiger partial charge on any atom is 0.285 e. The summed E-state index contributed by atoms with van der Waals surface area (Å²) in [4.78, 5) is 31.0. The van der Waals surface area contributed by atoms with E-state index >= 15 is 0 Å². The highest BCUT2D eigenvalue weighted by Gasteiger charge is 2.26. The summed E-state index contributed by atoms with van der Waals surface area (Å²) in [7, 11) is 0. The molecule has 1 aromatic carbocycles. The van der Waals surface area contributed by atoms with E-state index in [0.29, 0.717) is 41.6 Å². The Hall–Kier alpha value is -2.64. The summed E-state index contributed by atoms with van der Waals surface area (Å²) in [6, 6.07) is 5.21. The van der Waals surface area contributed by atoms with Crippen molar-refractivity contribution in [2.75, 3.05) is 11.4 Å². The van der Waals surface area contributed by atoms with E-state index in [1.54, 1.807) is 24.4 Å². The van der Waals surface area contributed by atoms with E-state index in [4.69, 9.17) is 23.2 Å². The van der Waals surface area contributed by atoms with Crippen molar-refractivity contribution in [3.63, 3.8) is 0 Å². The van der Waals surface area contributed by atoms with Crippen LogP contribution in [-0.2, 0) is 13.1 Å². The Kier molecular flexibility index (Phi) is 4.49. The number of hydrogen-bond donors (Lipinski definition) is 1. The lowest BCUT2D eigenvalue weighted by Gasteiger charge is -2.30. The predicted octanol–water partition coefficient (Wildman–Crippen LogP) is 2.83. The van der Waals surface area contributed by atoms with Crippen LogP contribution in [0, 0.1) is 6.92 Å². The van der Waals surface area contributed by atoms with Crippen molar-refractivity contribution in [1.29, 1.82) is 0 Å². The number of aromatic nitrogens is 4. The van der Waals surface area contributed by atoms with Crippen molar-refractivity contribution in [3.05, 3.63) is 73.6 Å². The highest BCUT2D eigenvalue weighted by Crippen LogP contribution is 2.26.